The smallest absolute Gasteiger partial charge is 0.119 e. The molecule has 3 aromatic rings. The maximum absolute atomic E-state index is 5.35. The SMILES string of the molecule is COc1ccc(CN2CCC[C@H]2c2cccc(Cc3cccc(OC)c3)n2)cc1. The molecule has 0 aliphatic carbocycles. The number of likely N-dealkylation sites (tertiary alicyclic amines) is 1. The Morgan fingerprint density at radius 1 is 0.897 bits per heavy atom. The number of ether oxygens (including phenoxy) is 2. The van der Waals surface area contributed by atoms with Crippen LogP contribution in [0.3, 0.4) is 0 Å². The first-order chi connectivity index (χ1) is 14.2. The molecular weight excluding hydrogens is 360 g/mol. The number of aromatic nitrogens is 1. The van der Waals surface area contributed by atoms with Gasteiger partial charge in [0, 0.05) is 18.7 Å². The summed E-state index contributed by atoms with van der Waals surface area (Å²) in [4.78, 5) is 7.56. The Bertz CT molecular complexity index is 940. The summed E-state index contributed by atoms with van der Waals surface area (Å²) in [6.07, 6.45) is 3.19. The summed E-state index contributed by atoms with van der Waals surface area (Å²) < 4.78 is 10.6. The Kier molecular flexibility index (Phi) is 6.11. The van der Waals surface area contributed by atoms with Gasteiger partial charge >= 0.3 is 0 Å². The first kappa shape index (κ1) is 19.5. The fraction of sp³-hybridized carbons (Fsp3) is 0.320. The number of pyridine rings is 1. The number of hydrogen-bond donors (Lipinski definition) is 0. The van der Waals surface area contributed by atoms with E-state index in [1.807, 2.05) is 24.3 Å². The number of methoxy groups -OCH3 is 2. The zero-order valence-electron chi connectivity index (χ0n) is 17.2. The second-order valence-electron chi connectivity index (χ2n) is 7.56. The van der Waals surface area contributed by atoms with Gasteiger partial charge in [0.2, 0.25) is 0 Å². The number of benzene rings is 2. The van der Waals surface area contributed by atoms with Crippen molar-refractivity contribution in [3.8, 4) is 11.5 Å². The van der Waals surface area contributed by atoms with E-state index in [0.717, 1.165) is 43.1 Å². The van der Waals surface area contributed by atoms with Gasteiger partial charge in [0.25, 0.3) is 0 Å². The molecule has 4 rings (SSSR count). The van der Waals surface area contributed by atoms with E-state index in [0.29, 0.717) is 6.04 Å². The first-order valence-electron chi connectivity index (χ1n) is 10.2. The van der Waals surface area contributed by atoms with Crippen molar-refractivity contribution in [2.75, 3.05) is 20.8 Å². The molecule has 0 radical (unpaired) electrons. The quantitative estimate of drug-likeness (QED) is 0.569. The lowest BCUT2D eigenvalue weighted by atomic mass is 10.1. The van der Waals surface area contributed by atoms with Gasteiger partial charge in [-0.15, -0.1) is 0 Å². The molecule has 4 nitrogen and oxygen atoms in total. The average Bonchev–Trinajstić information content (AvgIpc) is 3.23. The van der Waals surface area contributed by atoms with Crippen LogP contribution in [0, 0.1) is 0 Å². The minimum Gasteiger partial charge on any atom is -0.497 e. The summed E-state index contributed by atoms with van der Waals surface area (Å²) in [5, 5.41) is 0. The van der Waals surface area contributed by atoms with Gasteiger partial charge < -0.3 is 9.47 Å². The van der Waals surface area contributed by atoms with E-state index in [-0.39, 0.29) is 0 Å². The molecule has 0 N–H and O–H groups in total. The van der Waals surface area contributed by atoms with Gasteiger partial charge in [-0.3, -0.25) is 9.88 Å². The molecular formula is C25H28N2O2. The average molecular weight is 389 g/mol. The van der Waals surface area contributed by atoms with Crippen LogP contribution in [0.25, 0.3) is 0 Å². The van der Waals surface area contributed by atoms with Crippen LogP contribution in [0.1, 0.15) is 41.4 Å². The Labute approximate surface area is 173 Å². The Morgan fingerprint density at radius 2 is 1.69 bits per heavy atom. The highest BCUT2D eigenvalue weighted by atomic mass is 16.5. The largest absolute Gasteiger partial charge is 0.497 e. The molecule has 0 spiro atoms. The van der Waals surface area contributed by atoms with Crippen molar-refractivity contribution in [2.24, 2.45) is 0 Å². The number of rotatable bonds is 7. The minimum absolute atomic E-state index is 0.377. The van der Waals surface area contributed by atoms with E-state index >= 15 is 0 Å². The molecule has 1 aliphatic rings. The van der Waals surface area contributed by atoms with Gasteiger partial charge in [0.1, 0.15) is 11.5 Å². The van der Waals surface area contributed by atoms with Crippen molar-refractivity contribution in [3.63, 3.8) is 0 Å². The molecule has 1 fully saturated rings. The Morgan fingerprint density at radius 3 is 2.48 bits per heavy atom. The van der Waals surface area contributed by atoms with Crippen LogP contribution in [-0.4, -0.2) is 30.6 Å². The van der Waals surface area contributed by atoms with Crippen LogP contribution in [-0.2, 0) is 13.0 Å². The van der Waals surface area contributed by atoms with Gasteiger partial charge in [0.15, 0.2) is 0 Å². The van der Waals surface area contributed by atoms with Crippen LogP contribution in [0.4, 0.5) is 0 Å². The highest BCUT2D eigenvalue weighted by molar-refractivity contribution is 5.32. The first-order valence-corrected chi connectivity index (χ1v) is 10.2. The van der Waals surface area contributed by atoms with Crippen LogP contribution in [0.15, 0.2) is 66.7 Å². The lowest BCUT2D eigenvalue weighted by Gasteiger charge is -2.24. The van der Waals surface area contributed by atoms with Crippen LogP contribution >= 0.6 is 0 Å². The molecule has 0 saturated carbocycles. The lowest BCUT2D eigenvalue weighted by Crippen LogP contribution is -2.23. The summed E-state index contributed by atoms with van der Waals surface area (Å²) in [6, 6.07) is 23.4. The maximum Gasteiger partial charge on any atom is 0.119 e. The monoisotopic (exact) mass is 388 g/mol. The predicted octanol–water partition coefficient (Wildman–Crippen LogP) is 5.03. The summed E-state index contributed by atoms with van der Waals surface area (Å²) >= 11 is 0. The number of hydrogen-bond acceptors (Lipinski definition) is 4. The molecule has 150 valence electrons. The standard InChI is InChI=1S/C25H28N2O2/c1-28-22-13-11-19(12-14-22)18-27-15-5-10-25(27)24-9-4-7-21(26-24)16-20-6-3-8-23(17-20)29-2/h3-4,6-9,11-14,17,25H,5,10,15-16,18H2,1-2H3/t25-/m0/s1. The predicted molar refractivity (Wildman–Crippen MR) is 115 cm³/mol. The fourth-order valence-electron chi connectivity index (χ4n) is 4.09. The van der Waals surface area contributed by atoms with E-state index in [9.17, 15) is 0 Å². The molecule has 4 heteroatoms. The van der Waals surface area contributed by atoms with E-state index in [2.05, 4.69) is 47.4 Å². The van der Waals surface area contributed by atoms with Crippen molar-refractivity contribution < 1.29 is 9.47 Å². The number of nitrogens with zero attached hydrogens (tertiary/aromatic N) is 2. The van der Waals surface area contributed by atoms with Crippen molar-refractivity contribution in [2.45, 2.75) is 31.8 Å². The molecule has 1 saturated heterocycles. The minimum atomic E-state index is 0.377. The third-order valence-corrected chi connectivity index (χ3v) is 5.60. The molecule has 1 atom stereocenters. The summed E-state index contributed by atoms with van der Waals surface area (Å²) in [7, 11) is 3.41. The molecule has 2 heterocycles. The third-order valence-electron chi connectivity index (χ3n) is 5.60. The highest BCUT2D eigenvalue weighted by Gasteiger charge is 2.27. The molecule has 0 unspecified atom stereocenters. The zero-order chi connectivity index (χ0) is 20.1. The van der Waals surface area contributed by atoms with Crippen LogP contribution in [0.2, 0.25) is 0 Å². The second-order valence-corrected chi connectivity index (χ2v) is 7.56. The molecule has 0 bridgehead atoms. The summed E-state index contributed by atoms with van der Waals surface area (Å²) in [5.41, 5.74) is 4.81. The Hall–Kier alpha value is -2.85. The van der Waals surface area contributed by atoms with Crippen molar-refractivity contribution >= 4 is 0 Å². The summed E-state index contributed by atoms with van der Waals surface area (Å²) in [6.45, 7) is 2.05. The normalized spacial score (nSPS) is 16.7. The van der Waals surface area contributed by atoms with Gasteiger partial charge in [-0.25, -0.2) is 0 Å². The van der Waals surface area contributed by atoms with Gasteiger partial charge in [-0.05, 0) is 66.9 Å². The van der Waals surface area contributed by atoms with Gasteiger partial charge in [-0.2, -0.15) is 0 Å². The molecule has 29 heavy (non-hydrogen) atoms. The second kappa shape index (κ2) is 9.10. The van der Waals surface area contributed by atoms with E-state index in [4.69, 9.17) is 14.5 Å². The van der Waals surface area contributed by atoms with Crippen molar-refractivity contribution in [1.29, 1.82) is 0 Å². The maximum atomic E-state index is 5.35. The lowest BCUT2D eigenvalue weighted by molar-refractivity contribution is 0.244. The molecule has 0 amide bonds. The molecule has 2 aromatic carbocycles. The summed E-state index contributed by atoms with van der Waals surface area (Å²) in [5.74, 6) is 1.79. The topological polar surface area (TPSA) is 34.6 Å². The van der Waals surface area contributed by atoms with Crippen LogP contribution < -0.4 is 9.47 Å². The zero-order valence-corrected chi connectivity index (χ0v) is 17.2. The van der Waals surface area contributed by atoms with E-state index in [1.54, 1.807) is 14.2 Å². The Balaban J connectivity index is 1.48. The highest BCUT2D eigenvalue weighted by Crippen LogP contribution is 2.32. The van der Waals surface area contributed by atoms with Gasteiger partial charge in [0.05, 0.1) is 26.0 Å². The van der Waals surface area contributed by atoms with E-state index < -0.39 is 0 Å². The van der Waals surface area contributed by atoms with Crippen molar-refractivity contribution in [3.05, 3.63) is 89.2 Å². The molecule has 1 aliphatic heterocycles. The third kappa shape index (κ3) is 4.77. The van der Waals surface area contributed by atoms with Crippen LogP contribution in [0.5, 0.6) is 11.5 Å². The molecule has 1 aromatic heterocycles. The van der Waals surface area contributed by atoms with Crippen molar-refractivity contribution in [1.82, 2.24) is 9.88 Å². The fourth-order valence-corrected chi connectivity index (χ4v) is 4.09. The van der Waals surface area contributed by atoms with E-state index in [1.165, 1.54) is 23.2 Å². The van der Waals surface area contributed by atoms with Gasteiger partial charge in [-0.1, -0.05) is 30.3 Å².